The van der Waals surface area contributed by atoms with E-state index in [0.717, 1.165) is 25.7 Å². The number of hydrogen-bond acceptors (Lipinski definition) is 1. The Morgan fingerprint density at radius 1 is 1.28 bits per heavy atom. The van der Waals surface area contributed by atoms with E-state index in [1.54, 1.807) is 0 Å². The zero-order valence-electron chi connectivity index (χ0n) is 11.9. The molecule has 0 amide bonds. The van der Waals surface area contributed by atoms with Gasteiger partial charge >= 0.3 is 5.97 Å². The van der Waals surface area contributed by atoms with Gasteiger partial charge in [-0.25, -0.2) is 0 Å². The summed E-state index contributed by atoms with van der Waals surface area (Å²) in [5.74, 6) is -0.270. The highest BCUT2D eigenvalue weighted by atomic mass is 16.4. The highest BCUT2D eigenvalue weighted by Crippen LogP contribution is 2.18. The van der Waals surface area contributed by atoms with Crippen LogP contribution in [0.25, 0.3) is 0 Å². The molecule has 0 saturated carbocycles. The second-order valence-electron chi connectivity index (χ2n) is 5.03. The molecule has 0 spiro atoms. The first-order chi connectivity index (χ1) is 8.45. The maximum atomic E-state index is 10.6. The molecule has 2 nitrogen and oxygen atoms in total. The fourth-order valence-corrected chi connectivity index (χ4v) is 1.64. The molecule has 0 aromatic rings. The predicted octanol–water partition coefficient (Wildman–Crippen LogP) is 4.74. The third-order valence-electron chi connectivity index (χ3n) is 2.91. The molecule has 0 fully saturated rings. The molecule has 0 aliphatic heterocycles. The Hall–Kier alpha value is -1.31. The maximum Gasteiger partial charge on any atom is 0.307 e. The van der Waals surface area contributed by atoms with Crippen molar-refractivity contribution in [3.05, 3.63) is 36.0 Å². The van der Waals surface area contributed by atoms with E-state index in [2.05, 4.69) is 33.4 Å². The molecule has 0 radical (unpaired) electrons. The Labute approximate surface area is 111 Å². The van der Waals surface area contributed by atoms with Gasteiger partial charge in [0, 0.05) is 0 Å². The molecular weight excluding hydrogens is 224 g/mol. The lowest BCUT2D eigenvalue weighted by atomic mass is 9.97. The lowest BCUT2D eigenvalue weighted by Gasteiger charge is -2.09. The van der Waals surface area contributed by atoms with Crippen LogP contribution in [0, 0.1) is 5.92 Å². The topological polar surface area (TPSA) is 37.3 Å². The van der Waals surface area contributed by atoms with Crippen molar-refractivity contribution < 1.29 is 9.90 Å². The minimum atomic E-state index is -0.758. The highest BCUT2D eigenvalue weighted by Gasteiger charge is 2.02. The van der Waals surface area contributed by atoms with Crippen LogP contribution in [0.4, 0.5) is 0 Å². The van der Waals surface area contributed by atoms with E-state index in [0.29, 0.717) is 5.92 Å². The van der Waals surface area contributed by atoms with Crippen molar-refractivity contribution in [1.82, 2.24) is 0 Å². The molecule has 0 aromatic heterocycles. The lowest BCUT2D eigenvalue weighted by Crippen LogP contribution is -1.95. The normalized spacial score (nSPS) is 12.9. The van der Waals surface area contributed by atoms with Gasteiger partial charge in [-0.1, -0.05) is 36.3 Å². The minimum absolute atomic E-state index is 0.132. The number of hydrogen-bond donors (Lipinski definition) is 1. The predicted molar refractivity (Wildman–Crippen MR) is 77.6 cm³/mol. The Kier molecular flexibility index (Phi) is 8.99. The van der Waals surface area contributed by atoms with Gasteiger partial charge in [-0.2, -0.15) is 0 Å². The van der Waals surface area contributed by atoms with Crippen molar-refractivity contribution in [2.45, 2.75) is 52.9 Å². The van der Waals surface area contributed by atoms with Crippen molar-refractivity contribution >= 4 is 5.97 Å². The van der Waals surface area contributed by atoms with Crippen LogP contribution in [-0.4, -0.2) is 11.1 Å². The third-order valence-corrected chi connectivity index (χ3v) is 2.91. The average molecular weight is 250 g/mol. The molecule has 1 N–H and O–H groups in total. The molecule has 18 heavy (non-hydrogen) atoms. The van der Waals surface area contributed by atoms with E-state index < -0.39 is 5.97 Å². The summed E-state index contributed by atoms with van der Waals surface area (Å²) < 4.78 is 0. The van der Waals surface area contributed by atoms with Gasteiger partial charge in [-0.15, -0.1) is 6.58 Å². The largest absolute Gasteiger partial charge is 0.481 e. The minimum Gasteiger partial charge on any atom is -0.481 e. The van der Waals surface area contributed by atoms with E-state index in [9.17, 15) is 4.79 Å². The van der Waals surface area contributed by atoms with Crippen LogP contribution < -0.4 is 0 Å². The molecular formula is C16H26O2. The van der Waals surface area contributed by atoms with E-state index >= 15 is 0 Å². The molecule has 0 heterocycles. The summed E-state index contributed by atoms with van der Waals surface area (Å²) in [5.41, 5.74) is 2.57. The van der Waals surface area contributed by atoms with E-state index in [4.69, 9.17) is 5.11 Å². The summed E-state index contributed by atoms with van der Waals surface area (Å²) in [6, 6.07) is 0. The number of carboxylic acids is 1. The van der Waals surface area contributed by atoms with Crippen LogP contribution in [0.3, 0.4) is 0 Å². The second kappa shape index (κ2) is 9.69. The summed E-state index contributed by atoms with van der Waals surface area (Å²) in [5, 5.41) is 8.73. The third kappa shape index (κ3) is 9.88. The molecule has 0 bridgehead atoms. The van der Waals surface area contributed by atoms with Crippen LogP contribution in [0.15, 0.2) is 36.0 Å². The molecule has 0 aromatic carbocycles. The highest BCUT2D eigenvalue weighted by molar-refractivity contribution is 5.68. The van der Waals surface area contributed by atoms with Gasteiger partial charge in [0.2, 0.25) is 0 Å². The zero-order chi connectivity index (χ0) is 14.0. The molecule has 0 aliphatic carbocycles. The number of carboxylic acid groups (broad SMARTS) is 1. The molecule has 0 saturated heterocycles. The Balaban J connectivity index is 4.32. The zero-order valence-corrected chi connectivity index (χ0v) is 11.9. The lowest BCUT2D eigenvalue weighted by molar-refractivity contribution is -0.136. The van der Waals surface area contributed by atoms with Gasteiger partial charge in [0.15, 0.2) is 0 Å². The fraction of sp³-hybridized carbons (Fsp3) is 0.562. The quantitative estimate of drug-likeness (QED) is 0.600. The number of rotatable bonds is 9. The molecule has 1 unspecified atom stereocenters. The van der Waals surface area contributed by atoms with Crippen LogP contribution in [0.5, 0.6) is 0 Å². The van der Waals surface area contributed by atoms with Crippen molar-refractivity contribution in [2.24, 2.45) is 5.92 Å². The number of allylic oxidation sites excluding steroid dienone is 4. The van der Waals surface area contributed by atoms with E-state index in [1.165, 1.54) is 11.1 Å². The van der Waals surface area contributed by atoms with E-state index in [-0.39, 0.29) is 6.42 Å². The smallest absolute Gasteiger partial charge is 0.307 e. The summed E-state index contributed by atoms with van der Waals surface area (Å²) in [4.78, 5) is 10.6. The van der Waals surface area contributed by atoms with Crippen molar-refractivity contribution in [1.29, 1.82) is 0 Å². The molecule has 1 atom stereocenters. The van der Waals surface area contributed by atoms with Crippen LogP contribution in [0.1, 0.15) is 52.9 Å². The number of aliphatic carboxylic acids is 1. The standard InChI is InChI=1S/C16H26O2/c1-5-14(4)9-10-15(11-12-16(17)18)8-6-7-13(2)3/h5,7,11,14H,1,6,8-10,12H2,2-4H3,(H,17,18)/b15-11-. The van der Waals surface area contributed by atoms with Crippen molar-refractivity contribution in [2.75, 3.05) is 0 Å². The van der Waals surface area contributed by atoms with Gasteiger partial charge in [0.1, 0.15) is 0 Å². The van der Waals surface area contributed by atoms with Crippen LogP contribution >= 0.6 is 0 Å². The van der Waals surface area contributed by atoms with Gasteiger partial charge in [0.05, 0.1) is 6.42 Å². The maximum absolute atomic E-state index is 10.6. The van der Waals surface area contributed by atoms with Crippen molar-refractivity contribution in [3.63, 3.8) is 0 Å². The summed E-state index contributed by atoms with van der Waals surface area (Å²) >= 11 is 0. The van der Waals surface area contributed by atoms with Crippen molar-refractivity contribution in [3.8, 4) is 0 Å². The Bertz CT molecular complexity index is 320. The summed E-state index contributed by atoms with van der Waals surface area (Å²) in [6.45, 7) is 10.1. The molecule has 2 heteroatoms. The average Bonchev–Trinajstić information content (AvgIpc) is 2.30. The summed E-state index contributed by atoms with van der Waals surface area (Å²) in [6.07, 6.45) is 10.1. The van der Waals surface area contributed by atoms with Gasteiger partial charge in [-0.3, -0.25) is 4.79 Å². The SMILES string of the molecule is C=CC(C)CC/C(=C\CC(=O)O)CCC=C(C)C. The van der Waals surface area contributed by atoms with Crippen LogP contribution in [0.2, 0.25) is 0 Å². The van der Waals surface area contributed by atoms with Gasteiger partial charge < -0.3 is 5.11 Å². The summed E-state index contributed by atoms with van der Waals surface area (Å²) in [7, 11) is 0. The Morgan fingerprint density at radius 3 is 2.44 bits per heavy atom. The first kappa shape index (κ1) is 16.7. The van der Waals surface area contributed by atoms with Crippen LogP contribution in [-0.2, 0) is 4.79 Å². The van der Waals surface area contributed by atoms with E-state index in [1.807, 2.05) is 12.2 Å². The fourth-order valence-electron chi connectivity index (χ4n) is 1.64. The van der Waals surface area contributed by atoms with Gasteiger partial charge in [0.25, 0.3) is 0 Å². The second-order valence-corrected chi connectivity index (χ2v) is 5.03. The van der Waals surface area contributed by atoms with Gasteiger partial charge in [-0.05, 0) is 45.4 Å². The monoisotopic (exact) mass is 250 g/mol. The molecule has 0 rings (SSSR count). The number of carbonyl (C=O) groups is 1. The first-order valence-electron chi connectivity index (χ1n) is 6.61. The first-order valence-corrected chi connectivity index (χ1v) is 6.61. The Morgan fingerprint density at radius 2 is 1.94 bits per heavy atom. The molecule has 102 valence electrons. The molecule has 0 aliphatic rings.